The fourth-order valence-corrected chi connectivity index (χ4v) is 2.34. The van der Waals surface area contributed by atoms with E-state index in [0.29, 0.717) is 0 Å². The topological polar surface area (TPSA) is 60.4 Å². The van der Waals surface area contributed by atoms with Crippen molar-refractivity contribution in [3.05, 3.63) is 53.5 Å². The Balaban J connectivity index is 1.83. The van der Waals surface area contributed by atoms with Crippen LogP contribution in [0.3, 0.4) is 0 Å². The lowest BCUT2D eigenvalue weighted by molar-refractivity contribution is 0.356. The van der Waals surface area contributed by atoms with Gasteiger partial charge in [0.25, 0.3) is 0 Å². The van der Waals surface area contributed by atoms with E-state index < -0.39 is 0 Å². The van der Waals surface area contributed by atoms with Crippen molar-refractivity contribution in [1.29, 1.82) is 0 Å². The number of hydrogen-bond donors (Lipinski definition) is 2. The van der Waals surface area contributed by atoms with E-state index in [-0.39, 0.29) is 6.04 Å². The minimum atomic E-state index is 0.0912. The van der Waals surface area contributed by atoms with Gasteiger partial charge in [0.1, 0.15) is 5.75 Å². The lowest BCUT2D eigenvalue weighted by Gasteiger charge is -2.16. The zero-order valence-electron chi connectivity index (χ0n) is 10.1. The van der Waals surface area contributed by atoms with Gasteiger partial charge in [0.05, 0.1) is 25.2 Å². The van der Waals surface area contributed by atoms with Gasteiger partial charge in [0, 0.05) is 6.42 Å². The van der Waals surface area contributed by atoms with Gasteiger partial charge in [-0.25, -0.2) is 0 Å². The number of benzene rings is 1. The number of nitrogens with one attached hydrogen (secondary N) is 1. The summed E-state index contributed by atoms with van der Waals surface area (Å²) < 4.78 is 10.6. The SMILES string of the molecule is NNC(Cc1ccoc1)c1ccc2c(c1)CCO2. The van der Waals surface area contributed by atoms with Crippen LogP contribution in [0.4, 0.5) is 0 Å². The Hall–Kier alpha value is -1.78. The van der Waals surface area contributed by atoms with Crippen molar-refractivity contribution in [1.82, 2.24) is 5.43 Å². The summed E-state index contributed by atoms with van der Waals surface area (Å²) in [5.41, 5.74) is 6.45. The van der Waals surface area contributed by atoms with E-state index in [1.807, 2.05) is 12.1 Å². The second-order valence-corrected chi connectivity index (χ2v) is 4.52. The molecule has 0 amide bonds. The summed E-state index contributed by atoms with van der Waals surface area (Å²) >= 11 is 0. The van der Waals surface area contributed by atoms with Crippen molar-refractivity contribution in [2.75, 3.05) is 6.61 Å². The molecule has 0 aliphatic carbocycles. The Morgan fingerprint density at radius 3 is 3.06 bits per heavy atom. The maximum atomic E-state index is 5.65. The lowest BCUT2D eigenvalue weighted by atomic mass is 9.98. The molecular formula is C14H16N2O2. The van der Waals surface area contributed by atoms with Crippen LogP contribution in [0, 0.1) is 0 Å². The van der Waals surface area contributed by atoms with Gasteiger partial charge in [0.2, 0.25) is 0 Å². The van der Waals surface area contributed by atoms with E-state index in [9.17, 15) is 0 Å². The van der Waals surface area contributed by atoms with Crippen molar-refractivity contribution in [2.45, 2.75) is 18.9 Å². The summed E-state index contributed by atoms with van der Waals surface area (Å²) in [6.07, 6.45) is 5.22. The van der Waals surface area contributed by atoms with Crippen LogP contribution in [0.25, 0.3) is 0 Å². The third-order valence-corrected chi connectivity index (χ3v) is 3.34. The lowest BCUT2D eigenvalue weighted by Crippen LogP contribution is -2.29. The summed E-state index contributed by atoms with van der Waals surface area (Å²) in [4.78, 5) is 0. The molecule has 4 heteroatoms. The quantitative estimate of drug-likeness (QED) is 0.637. The molecule has 0 fully saturated rings. The first-order chi connectivity index (χ1) is 8.86. The first-order valence-corrected chi connectivity index (χ1v) is 6.09. The molecule has 0 spiro atoms. The maximum absolute atomic E-state index is 5.65. The predicted molar refractivity (Wildman–Crippen MR) is 68.1 cm³/mol. The Morgan fingerprint density at radius 1 is 1.33 bits per heavy atom. The summed E-state index contributed by atoms with van der Waals surface area (Å²) in [5, 5.41) is 0. The Kier molecular flexibility index (Phi) is 3.04. The molecule has 2 aromatic rings. The maximum Gasteiger partial charge on any atom is 0.122 e. The third-order valence-electron chi connectivity index (χ3n) is 3.34. The first-order valence-electron chi connectivity index (χ1n) is 6.09. The molecule has 3 rings (SSSR count). The second kappa shape index (κ2) is 4.84. The fraction of sp³-hybridized carbons (Fsp3) is 0.286. The van der Waals surface area contributed by atoms with E-state index in [4.69, 9.17) is 15.0 Å². The highest BCUT2D eigenvalue weighted by atomic mass is 16.5. The molecule has 1 aliphatic heterocycles. The van der Waals surface area contributed by atoms with Gasteiger partial charge in [-0.3, -0.25) is 11.3 Å². The van der Waals surface area contributed by atoms with Gasteiger partial charge in [0.15, 0.2) is 0 Å². The monoisotopic (exact) mass is 244 g/mol. The second-order valence-electron chi connectivity index (χ2n) is 4.52. The molecule has 1 aromatic heterocycles. The van der Waals surface area contributed by atoms with Gasteiger partial charge < -0.3 is 9.15 Å². The molecule has 3 N–H and O–H groups in total. The molecule has 1 unspecified atom stereocenters. The minimum absolute atomic E-state index is 0.0912. The van der Waals surface area contributed by atoms with Crippen LogP contribution in [0.1, 0.15) is 22.7 Å². The van der Waals surface area contributed by atoms with Crippen LogP contribution in [0.2, 0.25) is 0 Å². The molecule has 1 aromatic carbocycles. The molecule has 0 saturated carbocycles. The number of rotatable bonds is 4. The zero-order chi connectivity index (χ0) is 12.4. The average Bonchev–Trinajstić information content (AvgIpc) is 3.06. The van der Waals surface area contributed by atoms with Gasteiger partial charge in [-0.05, 0) is 35.2 Å². The highest BCUT2D eigenvalue weighted by Gasteiger charge is 2.16. The first kappa shape index (κ1) is 11.3. The standard InChI is InChI=1S/C14H16N2O2/c15-16-13(7-10-3-5-17-9-10)11-1-2-14-12(8-11)4-6-18-14/h1-3,5,8-9,13,16H,4,6-7,15H2. The van der Waals surface area contributed by atoms with Crippen molar-refractivity contribution >= 4 is 0 Å². The summed E-state index contributed by atoms with van der Waals surface area (Å²) in [6.45, 7) is 0.779. The van der Waals surface area contributed by atoms with Gasteiger partial charge >= 0.3 is 0 Å². The van der Waals surface area contributed by atoms with Crippen molar-refractivity contribution in [3.8, 4) is 5.75 Å². The largest absolute Gasteiger partial charge is 0.493 e. The predicted octanol–water partition coefficient (Wildman–Crippen LogP) is 1.96. The van der Waals surface area contributed by atoms with Gasteiger partial charge in [-0.1, -0.05) is 12.1 Å². The third kappa shape index (κ3) is 2.12. The molecule has 1 aliphatic rings. The smallest absolute Gasteiger partial charge is 0.122 e. The number of fused-ring (bicyclic) bond motifs is 1. The van der Waals surface area contributed by atoms with Crippen molar-refractivity contribution in [3.63, 3.8) is 0 Å². The van der Waals surface area contributed by atoms with Crippen LogP contribution in [-0.2, 0) is 12.8 Å². The summed E-state index contributed by atoms with van der Waals surface area (Å²) in [6, 6.07) is 8.31. The molecule has 4 nitrogen and oxygen atoms in total. The van der Waals surface area contributed by atoms with Crippen molar-refractivity contribution in [2.24, 2.45) is 5.84 Å². The van der Waals surface area contributed by atoms with E-state index in [2.05, 4.69) is 17.6 Å². The summed E-state index contributed by atoms with van der Waals surface area (Å²) in [5.74, 6) is 6.65. The van der Waals surface area contributed by atoms with Gasteiger partial charge in [-0.15, -0.1) is 0 Å². The number of furan rings is 1. The molecule has 18 heavy (non-hydrogen) atoms. The fourth-order valence-electron chi connectivity index (χ4n) is 2.34. The minimum Gasteiger partial charge on any atom is -0.493 e. The number of nitrogens with two attached hydrogens (primary N) is 1. The van der Waals surface area contributed by atoms with E-state index in [1.165, 1.54) is 11.1 Å². The molecule has 0 bridgehead atoms. The molecule has 1 atom stereocenters. The van der Waals surface area contributed by atoms with Gasteiger partial charge in [-0.2, -0.15) is 0 Å². The summed E-state index contributed by atoms with van der Waals surface area (Å²) in [7, 11) is 0. The Bertz CT molecular complexity index is 523. The molecular weight excluding hydrogens is 228 g/mol. The molecule has 94 valence electrons. The highest BCUT2D eigenvalue weighted by molar-refractivity contribution is 5.41. The normalized spacial score (nSPS) is 15.2. The Labute approximate surface area is 106 Å². The van der Waals surface area contributed by atoms with Crippen LogP contribution in [-0.4, -0.2) is 6.61 Å². The zero-order valence-corrected chi connectivity index (χ0v) is 10.1. The molecule has 0 saturated heterocycles. The Morgan fingerprint density at radius 2 is 2.28 bits per heavy atom. The van der Waals surface area contributed by atoms with Crippen LogP contribution in [0.15, 0.2) is 41.2 Å². The highest BCUT2D eigenvalue weighted by Crippen LogP contribution is 2.29. The molecule has 2 heterocycles. The molecule has 0 radical (unpaired) electrons. The number of hydrazine groups is 1. The van der Waals surface area contributed by atoms with E-state index in [0.717, 1.165) is 30.8 Å². The van der Waals surface area contributed by atoms with Crippen molar-refractivity contribution < 1.29 is 9.15 Å². The van der Waals surface area contributed by atoms with Crippen LogP contribution >= 0.6 is 0 Å². The number of hydrogen-bond acceptors (Lipinski definition) is 4. The van der Waals surface area contributed by atoms with Crippen LogP contribution < -0.4 is 16.0 Å². The van der Waals surface area contributed by atoms with E-state index >= 15 is 0 Å². The number of ether oxygens (including phenoxy) is 1. The van der Waals surface area contributed by atoms with Crippen LogP contribution in [0.5, 0.6) is 5.75 Å². The van der Waals surface area contributed by atoms with E-state index in [1.54, 1.807) is 12.5 Å². The average molecular weight is 244 g/mol.